The van der Waals surface area contributed by atoms with E-state index in [-0.39, 0.29) is 69.2 Å². The van der Waals surface area contributed by atoms with Gasteiger partial charge in [-0.3, -0.25) is 19.4 Å². The third-order valence-corrected chi connectivity index (χ3v) is 39.6. The molecule has 11 nitrogen and oxygen atoms in total. The first kappa shape index (κ1) is 90.5. The van der Waals surface area contributed by atoms with Gasteiger partial charge in [0, 0.05) is 52.4 Å². The van der Waals surface area contributed by atoms with Crippen LogP contribution in [-0.2, 0) is 27.3 Å². The Kier molecular flexibility index (Phi) is 45.7. The van der Waals surface area contributed by atoms with E-state index in [0.717, 1.165) is 77.8 Å². The van der Waals surface area contributed by atoms with Crippen molar-refractivity contribution >= 4 is 45.1 Å². The summed E-state index contributed by atoms with van der Waals surface area (Å²) in [5, 5.41) is 18.4. The Bertz CT molecular complexity index is 1610. The average molecular weight is 1360 g/mol. The summed E-state index contributed by atoms with van der Waals surface area (Å²) in [6, 6.07) is 0. The fraction of sp³-hybridized carbons (Fsp3) is 0.974. The minimum atomic E-state index is -2.08. The monoisotopic (exact) mass is 1360 g/mol. The molecule has 15 heteroatoms. The summed E-state index contributed by atoms with van der Waals surface area (Å²) in [4.78, 5) is 32.7. The zero-order valence-corrected chi connectivity index (χ0v) is 69.9. The van der Waals surface area contributed by atoms with Gasteiger partial charge >= 0.3 is 0 Å². The highest BCUT2D eigenvalue weighted by molar-refractivity contribution is 6.75. The lowest BCUT2D eigenvalue weighted by atomic mass is 9.97. The van der Waals surface area contributed by atoms with Crippen LogP contribution in [0.2, 0.25) is 72.5 Å². The summed E-state index contributed by atoms with van der Waals surface area (Å²) in [6.45, 7) is 64.2. The van der Waals surface area contributed by atoms with E-state index in [9.17, 15) is 14.7 Å². The summed E-state index contributed by atoms with van der Waals surface area (Å²) in [7, 11) is -8.31. The zero-order valence-electron chi connectivity index (χ0n) is 65.9. The molecule has 0 aromatic heterocycles. The lowest BCUT2D eigenvalue weighted by molar-refractivity contribution is -0.130. The van der Waals surface area contributed by atoms with Crippen LogP contribution in [0.25, 0.3) is 0 Å². The van der Waals surface area contributed by atoms with Crippen molar-refractivity contribution in [2.24, 2.45) is 0 Å². The average Bonchev–Trinajstić information content (AvgIpc) is 0.946. The molecule has 0 saturated carbocycles. The van der Waals surface area contributed by atoms with Crippen LogP contribution in [0.15, 0.2) is 0 Å². The van der Waals surface area contributed by atoms with Gasteiger partial charge in [0.25, 0.3) is 0 Å². The first-order chi connectivity index (χ1) is 42.1. The first-order valence-corrected chi connectivity index (χ1v) is 50.1. The number of aliphatic hydroxyl groups is 1. The van der Waals surface area contributed by atoms with Crippen molar-refractivity contribution in [1.29, 1.82) is 0 Å². The number of carbonyl (C=O) groups excluding carboxylic acids is 2. The molecule has 0 rings (SSSR count). The number of carbonyl (C=O) groups is 2. The molecule has 0 aliphatic rings. The maximum absolute atomic E-state index is 13.7. The number of nitrogens with zero attached hydrogens (tertiary/aromatic N) is 2. The molecule has 0 aliphatic carbocycles. The SMILES string of the molecule is CCCCCCCCC(CN(CCCNC(=O)CC(C)(O)CC(=O)NCCCN(CC(CCCCCCCC)O[Si](C)(C)C(C)(C)C)CC(CCCCCCCC)O[Si](C)(C)C(C)(C)C)CC(CCCCCCCC)O[Si](C)(C)C(C)(C)C)O[Si](C)(C)C(C)(C)C. The van der Waals surface area contributed by atoms with E-state index >= 15 is 0 Å². The van der Waals surface area contributed by atoms with Gasteiger partial charge in [-0.15, -0.1) is 0 Å². The second-order valence-electron chi connectivity index (χ2n) is 35.0. The standard InChI is InChI=1S/C76H162N4O7Si4/c1-26-30-34-38-42-46-52-66(84-88(18,19)72(5,6)7)62-79(63-67(53-47-43-39-35-31-27-2)85-89(20,21)73(8,9)10)58-50-56-77-70(81)60-76(17,83)61-71(82)78-57-51-59-80(64-68(54-48-44-40-36-32-28-3)86-90(22,23)74(11,12)13)65-69(55-49-45-41-37-33-29-4)87-91(24,25)75(14,15)16/h66-69,83H,26-65H2,1-25H3,(H,77,81)(H,78,82). The van der Waals surface area contributed by atoms with Crippen molar-refractivity contribution in [2.75, 3.05) is 52.4 Å². The molecule has 0 radical (unpaired) electrons. The van der Waals surface area contributed by atoms with Gasteiger partial charge in [0.2, 0.25) is 11.8 Å². The Morgan fingerprint density at radius 1 is 0.341 bits per heavy atom. The van der Waals surface area contributed by atoms with E-state index in [1.165, 1.54) is 154 Å². The van der Waals surface area contributed by atoms with E-state index in [2.05, 4.69) is 184 Å². The van der Waals surface area contributed by atoms with Crippen LogP contribution >= 0.6 is 0 Å². The van der Waals surface area contributed by atoms with Crippen molar-refractivity contribution in [3.63, 3.8) is 0 Å². The smallest absolute Gasteiger partial charge is 0.222 e. The molecule has 0 aromatic rings. The van der Waals surface area contributed by atoms with Crippen LogP contribution in [0.5, 0.6) is 0 Å². The third-order valence-electron chi connectivity index (χ3n) is 21.5. The minimum absolute atomic E-state index is 0.103. The van der Waals surface area contributed by atoms with Crippen molar-refractivity contribution in [3.05, 3.63) is 0 Å². The van der Waals surface area contributed by atoms with Crippen LogP contribution in [0.4, 0.5) is 0 Å². The van der Waals surface area contributed by atoms with Crippen LogP contribution < -0.4 is 10.6 Å². The van der Waals surface area contributed by atoms with Gasteiger partial charge in [-0.1, -0.05) is 265 Å². The summed E-state index contributed by atoms with van der Waals surface area (Å²) in [6.07, 6.45) is 36.2. The lowest BCUT2D eigenvalue weighted by Gasteiger charge is -2.42. The summed E-state index contributed by atoms with van der Waals surface area (Å²) in [5.41, 5.74) is -1.49. The summed E-state index contributed by atoms with van der Waals surface area (Å²) < 4.78 is 29.4. The molecule has 0 spiro atoms. The predicted molar refractivity (Wildman–Crippen MR) is 408 cm³/mol. The van der Waals surface area contributed by atoms with Crippen molar-refractivity contribution < 1.29 is 32.4 Å². The Labute approximate surface area is 572 Å². The molecule has 4 atom stereocenters. The molecule has 2 amide bonds. The van der Waals surface area contributed by atoms with E-state index in [4.69, 9.17) is 17.7 Å². The Hall–Kier alpha value is -0.472. The van der Waals surface area contributed by atoms with Gasteiger partial charge in [-0.2, -0.15) is 0 Å². The molecule has 544 valence electrons. The highest BCUT2D eigenvalue weighted by Gasteiger charge is 2.43. The highest BCUT2D eigenvalue weighted by atomic mass is 28.4. The predicted octanol–water partition coefficient (Wildman–Crippen LogP) is 21.7. The molecule has 4 unspecified atom stereocenters. The minimum Gasteiger partial charge on any atom is -0.413 e. The maximum Gasteiger partial charge on any atom is 0.222 e. The molecule has 0 aromatic carbocycles. The van der Waals surface area contributed by atoms with Gasteiger partial charge in [-0.05, 0) is 118 Å². The zero-order chi connectivity index (χ0) is 69.6. The number of hydrogen-bond donors (Lipinski definition) is 3. The fourth-order valence-corrected chi connectivity index (χ4v) is 16.9. The molecule has 0 aliphatic heterocycles. The van der Waals surface area contributed by atoms with Crippen molar-refractivity contribution in [1.82, 2.24) is 20.4 Å². The number of nitrogens with one attached hydrogen (secondary N) is 2. The van der Waals surface area contributed by atoms with E-state index in [1.807, 2.05) is 0 Å². The van der Waals surface area contributed by atoms with E-state index in [1.54, 1.807) is 6.92 Å². The van der Waals surface area contributed by atoms with Crippen LogP contribution in [0.1, 0.15) is 323 Å². The highest BCUT2D eigenvalue weighted by Crippen LogP contribution is 2.42. The van der Waals surface area contributed by atoms with Crippen LogP contribution in [0, 0.1) is 0 Å². The quantitative estimate of drug-likeness (QED) is 0.0404. The van der Waals surface area contributed by atoms with E-state index < -0.39 is 38.9 Å². The number of unbranched alkanes of at least 4 members (excludes halogenated alkanes) is 20. The summed E-state index contributed by atoms with van der Waals surface area (Å²) >= 11 is 0. The maximum atomic E-state index is 13.7. The second kappa shape index (κ2) is 46.0. The molecular weight excluding hydrogens is 1190 g/mol. The third kappa shape index (κ3) is 42.2. The van der Waals surface area contributed by atoms with Crippen LogP contribution in [0.3, 0.4) is 0 Å². The van der Waals surface area contributed by atoms with Crippen LogP contribution in [-0.4, -0.2) is 142 Å². The molecular formula is C76H162N4O7Si4. The number of amides is 2. The van der Waals surface area contributed by atoms with Gasteiger partial charge in [0.05, 0.1) is 42.9 Å². The van der Waals surface area contributed by atoms with E-state index in [0.29, 0.717) is 13.1 Å². The van der Waals surface area contributed by atoms with Crippen molar-refractivity contribution in [3.8, 4) is 0 Å². The molecule has 3 N–H and O–H groups in total. The molecule has 0 saturated heterocycles. The largest absolute Gasteiger partial charge is 0.413 e. The summed E-state index contributed by atoms with van der Waals surface area (Å²) in [5.74, 6) is -0.453. The lowest BCUT2D eigenvalue weighted by Crippen LogP contribution is -2.50. The first-order valence-electron chi connectivity index (χ1n) is 38.5. The Morgan fingerprint density at radius 2 is 0.538 bits per heavy atom. The topological polar surface area (TPSA) is 122 Å². The molecule has 0 bridgehead atoms. The molecule has 0 fully saturated rings. The van der Waals surface area contributed by atoms with Gasteiger partial charge in [-0.25, -0.2) is 0 Å². The molecule has 91 heavy (non-hydrogen) atoms. The Morgan fingerprint density at radius 3 is 0.736 bits per heavy atom. The fourth-order valence-electron chi connectivity index (χ4n) is 11.3. The van der Waals surface area contributed by atoms with Gasteiger partial charge < -0.3 is 33.4 Å². The second-order valence-corrected chi connectivity index (χ2v) is 54.0. The number of rotatable bonds is 56. The van der Waals surface area contributed by atoms with Crippen molar-refractivity contribution in [2.45, 2.75) is 426 Å². The Balaban J connectivity index is 6.53. The molecule has 0 heterocycles. The van der Waals surface area contributed by atoms with Gasteiger partial charge in [0.15, 0.2) is 33.3 Å². The normalized spacial score (nSPS) is 15.5. The van der Waals surface area contributed by atoms with Gasteiger partial charge in [0.1, 0.15) is 0 Å². The number of hydrogen-bond acceptors (Lipinski definition) is 9.